The second kappa shape index (κ2) is 6.00. The molecule has 0 bridgehead atoms. The van der Waals surface area contributed by atoms with Crippen LogP contribution in [0.1, 0.15) is 26.7 Å². The van der Waals surface area contributed by atoms with Gasteiger partial charge in [0.25, 0.3) is 0 Å². The summed E-state index contributed by atoms with van der Waals surface area (Å²) in [6, 6.07) is 6.60. The van der Waals surface area contributed by atoms with Crippen molar-refractivity contribution < 1.29 is 0 Å². The fraction of sp³-hybridized carbons (Fsp3) is 0.538. The number of hydrogen-bond donors (Lipinski definition) is 1. The summed E-state index contributed by atoms with van der Waals surface area (Å²) in [6.07, 6.45) is 2.37. The zero-order chi connectivity index (χ0) is 12.1. The van der Waals surface area contributed by atoms with Crippen molar-refractivity contribution in [2.45, 2.75) is 32.7 Å². The smallest absolute Gasteiger partial charge is 0.0659 e. The first-order chi connectivity index (χ1) is 7.54. The lowest BCUT2D eigenvalue weighted by atomic mass is 10.2. The molecule has 0 aliphatic rings. The van der Waals surface area contributed by atoms with E-state index in [4.69, 9.17) is 11.6 Å². The van der Waals surface area contributed by atoms with E-state index in [1.807, 2.05) is 31.1 Å². The molecule has 0 amide bonds. The monoisotopic (exact) mass is 240 g/mol. The Kier molecular flexibility index (Phi) is 4.94. The molecule has 0 heterocycles. The third-order valence-corrected chi connectivity index (χ3v) is 2.87. The van der Waals surface area contributed by atoms with E-state index in [-0.39, 0.29) is 0 Å². The van der Waals surface area contributed by atoms with Crippen molar-refractivity contribution >= 4 is 23.0 Å². The molecule has 0 spiro atoms. The first-order valence-electron chi connectivity index (χ1n) is 5.78. The van der Waals surface area contributed by atoms with Crippen LogP contribution in [0.2, 0.25) is 5.02 Å². The Labute approximate surface area is 104 Å². The highest BCUT2D eigenvalue weighted by Gasteiger charge is 2.05. The number of nitrogens with one attached hydrogen (secondary N) is 1. The van der Waals surface area contributed by atoms with Crippen LogP contribution in [-0.4, -0.2) is 20.1 Å². The summed E-state index contributed by atoms with van der Waals surface area (Å²) < 4.78 is 0. The van der Waals surface area contributed by atoms with E-state index in [2.05, 4.69) is 25.2 Å². The molecule has 1 rings (SSSR count). The molecule has 0 radical (unpaired) electrons. The van der Waals surface area contributed by atoms with Crippen molar-refractivity contribution in [1.29, 1.82) is 0 Å². The van der Waals surface area contributed by atoms with Gasteiger partial charge in [-0.1, -0.05) is 24.9 Å². The summed E-state index contributed by atoms with van der Waals surface area (Å²) in [5, 5.41) is 4.24. The van der Waals surface area contributed by atoms with Gasteiger partial charge in [0.1, 0.15) is 0 Å². The second-order valence-electron chi connectivity index (χ2n) is 4.39. The van der Waals surface area contributed by atoms with Crippen molar-refractivity contribution in [3.63, 3.8) is 0 Å². The van der Waals surface area contributed by atoms with Crippen molar-refractivity contribution in [2.24, 2.45) is 0 Å². The SMILES string of the molecule is CCCC(C)Nc1ccc(N(C)C)c(Cl)c1. The van der Waals surface area contributed by atoms with E-state index >= 15 is 0 Å². The van der Waals surface area contributed by atoms with Crippen molar-refractivity contribution in [2.75, 3.05) is 24.3 Å². The summed E-state index contributed by atoms with van der Waals surface area (Å²) in [7, 11) is 3.99. The minimum Gasteiger partial charge on any atom is -0.383 e. The van der Waals surface area contributed by atoms with Crippen LogP contribution in [0, 0.1) is 0 Å². The first-order valence-corrected chi connectivity index (χ1v) is 6.15. The third kappa shape index (κ3) is 3.60. The van der Waals surface area contributed by atoms with Gasteiger partial charge in [-0.3, -0.25) is 0 Å². The van der Waals surface area contributed by atoms with Crippen LogP contribution in [0.25, 0.3) is 0 Å². The molecule has 90 valence electrons. The predicted molar refractivity (Wildman–Crippen MR) is 73.8 cm³/mol. The summed E-state index contributed by atoms with van der Waals surface area (Å²) in [6.45, 7) is 4.39. The Balaban J connectivity index is 2.73. The molecule has 0 aliphatic carbocycles. The maximum Gasteiger partial charge on any atom is 0.0659 e. The predicted octanol–water partition coefficient (Wildman–Crippen LogP) is 4.01. The van der Waals surface area contributed by atoms with Crippen LogP contribution in [0.3, 0.4) is 0 Å². The summed E-state index contributed by atoms with van der Waals surface area (Å²) in [5.74, 6) is 0. The second-order valence-corrected chi connectivity index (χ2v) is 4.80. The van der Waals surface area contributed by atoms with Crippen LogP contribution >= 0.6 is 11.6 Å². The van der Waals surface area contributed by atoms with E-state index in [0.29, 0.717) is 6.04 Å². The van der Waals surface area contributed by atoms with E-state index in [1.165, 1.54) is 12.8 Å². The summed E-state index contributed by atoms with van der Waals surface area (Å²) in [4.78, 5) is 2.02. The molecule has 0 aliphatic heterocycles. The summed E-state index contributed by atoms with van der Waals surface area (Å²) in [5.41, 5.74) is 2.15. The molecule has 1 atom stereocenters. The highest BCUT2D eigenvalue weighted by Crippen LogP contribution is 2.27. The normalized spacial score (nSPS) is 12.3. The molecule has 2 nitrogen and oxygen atoms in total. The standard InChI is InChI=1S/C13H21ClN2/c1-5-6-10(2)15-11-7-8-13(16(3)4)12(14)9-11/h7-10,15H,5-6H2,1-4H3. The van der Waals surface area contributed by atoms with Crippen molar-refractivity contribution in [1.82, 2.24) is 0 Å². The van der Waals surface area contributed by atoms with E-state index < -0.39 is 0 Å². The van der Waals surface area contributed by atoms with Crippen molar-refractivity contribution in [3.8, 4) is 0 Å². The molecule has 0 saturated heterocycles. The van der Waals surface area contributed by atoms with Crippen LogP contribution in [0.5, 0.6) is 0 Å². The molecule has 1 unspecified atom stereocenters. The van der Waals surface area contributed by atoms with Gasteiger partial charge in [0, 0.05) is 25.8 Å². The Morgan fingerprint density at radius 1 is 1.38 bits per heavy atom. The highest BCUT2D eigenvalue weighted by atomic mass is 35.5. The van der Waals surface area contributed by atoms with Crippen LogP contribution < -0.4 is 10.2 Å². The van der Waals surface area contributed by atoms with E-state index in [0.717, 1.165) is 16.4 Å². The number of halogens is 1. The van der Waals surface area contributed by atoms with Gasteiger partial charge < -0.3 is 10.2 Å². The molecular weight excluding hydrogens is 220 g/mol. The zero-order valence-electron chi connectivity index (χ0n) is 10.5. The van der Waals surface area contributed by atoms with Gasteiger partial charge in [-0.2, -0.15) is 0 Å². The average Bonchev–Trinajstić information content (AvgIpc) is 2.17. The molecule has 0 saturated carbocycles. The topological polar surface area (TPSA) is 15.3 Å². The van der Waals surface area contributed by atoms with Crippen LogP contribution in [0.4, 0.5) is 11.4 Å². The quantitative estimate of drug-likeness (QED) is 0.837. The van der Waals surface area contributed by atoms with Gasteiger partial charge in [-0.25, -0.2) is 0 Å². The molecule has 0 aromatic heterocycles. The van der Waals surface area contributed by atoms with Crippen molar-refractivity contribution in [3.05, 3.63) is 23.2 Å². The maximum atomic E-state index is 6.20. The Morgan fingerprint density at radius 2 is 2.06 bits per heavy atom. The summed E-state index contributed by atoms with van der Waals surface area (Å²) >= 11 is 6.20. The fourth-order valence-electron chi connectivity index (χ4n) is 1.75. The number of anilines is 2. The lowest BCUT2D eigenvalue weighted by Gasteiger charge is -2.18. The minimum absolute atomic E-state index is 0.492. The van der Waals surface area contributed by atoms with Crippen LogP contribution in [-0.2, 0) is 0 Å². The Morgan fingerprint density at radius 3 is 2.56 bits per heavy atom. The zero-order valence-corrected chi connectivity index (χ0v) is 11.3. The minimum atomic E-state index is 0.492. The van der Waals surface area contributed by atoms with Gasteiger partial charge in [0.2, 0.25) is 0 Å². The van der Waals surface area contributed by atoms with Gasteiger partial charge in [0.15, 0.2) is 0 Å². The average molecular weight is 241 g/mol. The fourth-order valence-corrected chi connectivity index (χ4v) is 2.10. The van der Waals surface area contributed by atoms with E-state index in [9.17, 15) is 0 Å². The largest absolute Gasteiger partial charge is 0.383 e. The Bertz CT molecular complexity index is 337. The lowest BCUT2D eigenvalue weighted by molar-refractivity contribution is 0.690. The third-order valence-electron chi connectivity index (χ3n) is 2.56. The van der Waals surface area contributed by atoms with Gasteiger partial charge in [0.05, 0.1) is 10.7 Å². The van der Waals surface area contributed by atoms with Gasteiger partial charge in [-0.05, 0) is 31.5 Å². The first kappa shape index (κ1) is 13.2. The van der Waals surface area contributed by atoms with Gasteiger partial charge >= 0.3 is 0 Å². The van der Waals surface area contributed by atoms with E-state index in [1.54, 1.807) is 0 Å². The number of hydrogen-bond acceptors (Lipinski definition) is 2. The molecular formula is C13H21ClN2. The molecule has 1 N–H and O–H groups in total. The lowest BCUT2D eigenvalue weighted by Crippen LogP contribution is -2.15. The maximum absolute atomic E-state index is 6.20. The van der Waals surface area contributed by atoms with Gasteiger partial charge in [-0.15, -0.1) is 0 Å². The molecule has 16 heavy (non-hydrogen) atoms. The highest BCUT2D eigenvalue weighted by molar-refractivity contribution is 6.33. The molecule has 1 aromatic carbocycles. The molecule has 0 fully saturated rings. The number of rotatable bonds is 5. The van der Waals surface area contributed by atoms with Crippen LogP contribution in [0.15, 0.2) is 18.2 Å². The molecule has 3 heteroatoms. The Hall–Kier alpha value is -0.890. The molecule has 1 aromatic rings. The number of benzene rings is 1. The number of nitrogens with zero attached hydrogens (tertiary/aromatic N) is 1.